The fraction of sp³-hybridized carbons (Fsp3) is 0.600. The Morgan fingerprint density at radius 2 is 2.12 bits per heavy atom. The molecule has 0 spiro atoms. The molecule has 134 valence electrons. The maximum atomic E-state index is 13.3. The minimum atomic E-state index is -0.763. The molecule has 25 heavy (non-hydrogen) atoms. The smallest absolute Gasteiger partial charge is 0.319 e. The van der Waals surface area contributed by atoms with Crippen LogP contribution in [0.2, 0.25) is 0 Å². The molecule has 2 bridgehead atoms. The van der Waals surface area contributed by atoms with Crippen LogP contribution in [0, 0.1) is 11.8 Å². The normalized spacial score (nSPS) is 33.1. The van der Waals surface area contributed by atoms with Gasteiger partial charge in [0.1, 0.15) is 11.7 Å². The second-order valence-electron chi connectivity index (χ2n) is 7.17. The SMILES string of the molecule is CCOC(=O)[C@@H]1C(=O)N(CC)[C@]23CCCC[C@@H]2[C@@H]1c1ccccc1O3. The van der Waals surface area contributed by atoms with E-state index in [1.54, 1.807) is 6.92 Å². The number of nitrogens with zero attached hydrogens (tertiary/aromatic N) is 1. The van der Waals surface area contributed by atoms with E-state index in [-0.39, 0.29) is 24.3 Å². The van der Waals surface area contributed by atoms with E-state index < -0.39 is 17.6 Å². The molecule has 1 aromatic rings. The number of hydrogen-bond acceptors (Lipinski definition) is 4. The van der Waals surface area contributed by atoms with Crippen molar-refractivity contribution in [2.45, 2.75) is 51.2 Å². The van der Waals surface area contributed by atoms with Gasteiger partial charge < -0.3 is 14.4 Å². The predicted molar refractivity (Wildman–Crippen MR) is 92.0 cm³/mol. The molecule has 5 nitrogen and oxygen atoms in total. The van der Waals surface area contributed by atoms with E-state index in [4.69, 9.17) is 9.47 Å². The zero-order valence-corrected chi connectivity index (χ0v) is 14.9. The van der Waals surface area contributed by atoms with E-state index >= 15 is 0 Å². The number of ether oxygens (including phenoxy) is 2. The minimum absolute atomic E-state index is 0.140. The Morgan fingerprint density at radius 3 is 2.88 bits per heavy atom. The van der Waals surface area contributed by atoms with E-state index in [0.29, 0.717) is 6.54 Å². The quantitative estimate of drug-likeness (QED) is 0.625. The summed E-state index contributed by atoms with van der Waals surface area (Å²) >= 11 is 0. The number of piperidine rings is 1. The van der Waals surface area contributed by atoms with Crippen LogP contribution in [0.5, 0.6) is 5.75 Å². The topological polar surface area (TPSA) is 55.8 Å². The average Bonchev–Trinajstić information content (AvgIpc) is 2.61. The van der Waals surface area contributed by atoms with Crippen LogP contribution in [0.4, 0.5) is 0 Å². The number of carbonyl (C=O) groups excluding carboxylic acids is 2. The first-order valence-electron chi connectivity index (χ1n) is 9.40. The average molecular weight is 343 g/mol. The number of carbonyl (C=O) groups is 2. The van der Waals surface area contributed by atoms with Crippen molar-refractivity contribution in [3.05, 3.63) is 29.8 Å². The molecule has 2 aliphatic heterocycles. The Bertz CT molecular complexity index is 703. The van der Waals surface area contributed by atoms with Gasteiger partial charge >= 0.3 is 5.97 Å². The highest BCUT2D eigenvalue weighted by atomic mass is 16.5. The number of esters is 1. The molecular formula is C20H25NO4. The van der Waals surface area contributed by atoms with Gasteiger partial charge in [0.05, 0.1) is 6.61 Å². The van der Waals surface area contributed by atoms with Gasteiger partial charge in [-0.1, -0.05) is 24.6 Å². The number of rotatable bonds is 3. The molecule has 0 unspecified atom stereocenters. The Balaban J connectivity index is 1.90. The van der Waals surface area contributed by atoms with Gasteiger partial charge in [0.25, 0.3) is 0 Å². The van der Waals surface area contributed by atoms with E-state index in [0.717, 1.165) is 37.0 Å². The standard InChI is InChI=1S/C20H25NO4/c1-3-21-18(22)17(19(23)24-4-2)16-13-9-5-6-11-15(13)25-20(21)12-8-7-10-14(16)20/h5-6,9,11,14,16-17H,3-4,7-8,10,12H2,1-2H3/t14-,16+,17+,20+/m1/s1. The van der Waals surface area contributed by atoms with E-state index in [2.05, 4.69) is 0 Å². The summed E-state index contributed by atoms with van der Waals surface area (Å²) in [6, 6.07) is 7.86. The monoisotopic (exact) mass is 343 g/mol. The predicted octanol–water partition coefficient (Wildman–Crippen LogP) is 3.09. The Morgan fingerprint density at radius 1 is 1.32 bits per heavy atom. The molecule has 4 rings (SSSR count). The zero-order chi connectivity index (χ0) is 17.6. The molecule has 1 amide bonds. The van der Waals surface area contributed by atoms with Crippen LogP contribution in [-0.2, 0) is 14.3 Å². The molecule has 0 aromatic heterocycles. The van der Waals surface area contributed by atoms with Crippen LogP contribution in [0.1, 0.15) is 51.0 Å². The maximum absolute atomic E-state index is 13.3. The molecule has 4 atom stereocenters. The van der Waals surface area contributed by atoms with Crippen molar-refractivity contribution in [3.8, 4) is 5.75 Å². The second-order valence-corrected chi connectivity index (χ2v) is 7.17. The number of likely N-dealkylation sites (tertiary alicyclic amines) is 1. The highest BCUT2D eigenvalue weighted by Gasteiger charge is 2.64. The van der Waals surface area contributed by atoms with Gasteiger partial charge in [0, 0.05) is 24.8 Å². The molecule has 0 radical (unpaired) electrons. The summed E-state index contributed by atoms with van der Waals surface area (Å²) in [6.45, 7) is 4.58. The molecule has 1 saturated heterocycles. The van der Waals surface area contributed by atoms with Crippen molar-refractivity contribution in [2.24, 2.45) is 11.8 Å². The molecule has 0 N–H and O–H groups in total. The third kappa shape index (κ3) is 2.21. The lowest BCUT2D eigenvalue weighted by Crippen LogP contribution is -2.70. The number of amides is 1. The summed E-state index contributed by atoms with van der Waals surface area (Å²) < 4.78 is 11.8. The van der Waals surface area contributed by atoms with Gasteiger partial charge in [-0.2, -0.15) is 0 Å². The van der Waals surface area contributed by atoms with Crippen LogP contribution < -0.4 is 4.74 Å². The van der Waals surface area contributed by atoms with E-state index in [9.17, 15) is 9.59 Å². The maximum Gasteiger partial charge on any atom is 0.319 e. The number of para-hydroxylation sites is 1. The Labute approximate surface area is 148 Å². The molecule has 1 aromatic carbocycles. The van der Waals surface area contributed by atoms with Crippen molar-refractivity contribution < 1.29 is 19.1 Å². The number of hydrogen-bond donors (Lipinski definition) is 0. The lowest BCUT2D eigenvalue weighted by atomic mass is 9.61. The van der Waals surface area contributed by atoms with Crippen molar-refractivity contribution in [1.82, 2.24) is 4.90 Å². The Kier molecular flexibility index (Phi) is 3.97. The largest absolute Gasteiger partial charge is 0.467 e. The first-order valence-corrected chi connectivity index (χ1v) is 9.40. The fourth-order valence-corrected chi connectivity index (χ4v) is 5.21. The van der Waals surface area contributed by atoms with Crippen molar-refractivity contribution in [2.75, 3.05) is 13.2 Å². The number of benzene rings is 1. The molecule has 5 heteroatoms. The highest BCUT2D eigenvalue weighted by molar-refractivity contribution is 6.00. The van der Waals surface area contributed by atoms with Crippen LogP contribution in [-0.4, -0.2) is 35.7 Å². The molecule has 1 aliphatic carbocycles. The highest BCUT2D eigenvalue weighted by Crippen LogP contribution is 2.58. The zero-order valence-electron chi connectivity index (χ0n) is 14.9. The first kappa shape index (κ1) is 16.4. The van der Waals surface area contributed by atoms with Gasteiger partial charge in [0.2, 0.25) is 5.91 Å². The molecular weight excluding hydrogens is 318 g/mol. The van der Waals surface area contributed by atoms with Crippen LogP contribution in [0.15, 0.2) is 24.3 Å². The van der Waals surface area contributed by atoms with E-state index in [1.165, 1.54) is 0 Å². The first-order chi connectivity index (χ1) is 12.1. The molecule has 2 heterocycles. The van der Waals surface area contributed by atoms with Crippen LogP contribution in [0.3, 0.4) is 0 Å². The summed E-state index contributed by atoms with van der Waals surface area (Å²) in [5.41, 5.74) is 0.374. The van der Waals surface area contributed by atoms with Crippen LogP contribution in [0.25, 0.3) is 0 Å². The van der Waals surface area contributed by atoms with Crippen molar-refractivity contribution in [1.29, 1.82) is 0 Å². The van der Waals surface area contributed by atoms with Gasteiger partial charge in [-0.25, -0.2) is 0 Å². The Hall–Kier alpha value is -2.04. The lowest BCUT2D eigenvalue weighted by Gasteiger charge is -2.60. The van der Waals surface area contributed by atoms with Gasteiger partial charge in [-0.15, -0.1) is 0 Å². The van der Waals surface area contributed by atoms with Gasteiger partial charge in [-0.05, 0) is 38.3 Å². The molecule has 1 saturated carbocycles. The summed E-state index contributed by atoms with van der Waals surface area (Å²) in [5.74, 6) is -0.500. The van der Waals surface area contributed by atoms with Crippen LogP contribution >= 0.6 is 0 Å². The lowest BCUT2D eigenvalue weighted by molar-refractivity contribution is -0.210. The fourth-order valence-electron chi connectivity index (χ4n) is 5.21. The van der Waals surface area contributed by atoms with E-state index in [1.807, 2.05) is 36.1 Å². The third-order valence-electron chi connectivity index (χ3n) is 6.08. The second kappa shape index (κ2) is 6.04. The minimum Gasteiger partial charge on any atom is -0.467 e. The summed E-state index contributed by atoms with van der Waals surface area (Å²) in [5, 5.41) is 0. The van der Waals surface area contributed by atoms with Gasteiger partial charge in [-0.3, -0.25) is 9.59 Å². The third-order valence-corrected chi connectivity index (χ3v) is 6.08. The van der Waals surface area contributed by atoms with Gasteiger partial charge in [0.15, 0.2) is 5.72 Å². The molecule has 2 fully saturated rings. The van der Waals surface area contributed by atoms with Crippen molar-refractivity contribution in [3.63, 3.8) is 0 Å². The summed E-state index contributed by atoms with van der Waals surface area (Å²) in [4.78, 5) is 27.8. The summed E-state index contributed by atoms with van der Waals surface area (Å²) in [6.07, 6.45) is 3.95. The molecule has 3 aliphatic rings. The van der Waals surface area contributed by atoms with Crippen molar-refractivity contribution >= 4 is 11.9 Å². The summed E-state index contributed by atoms with van der Waals surface area (Å²) in [7, 11) is 0. The number of fused-ring (bicyclic) bond motifs is 2.